The average molecular weight is 408 g/mol. The number of nitrogens with one attached hydrogen (secondary N) is 1. The van der Waals surface area contributed by atoms with Crippen molar-refractivity contribution in [1.82, 2.24) is 5.32 Å². The highest BCUT2D eigenvalue weighted by Crippen LogP contribution is 2.40. The third-order valence-corrected chi connectivity index (χ3v) is 5.35. The number of benzene rings is 1. The summed E-state index contributed by atoms with van der Waals surface area (Å²) in [5, 5.41) is 33.8. The SMILES string of the molecule is COc1cc(O)c(/C=C/C(=O)NC2CCCCC2)c(OC)c1CC(O)C(C)(C)O. The second kappa shape index (κ2) is 9.98. The Labute approximate surface area is 172 Å². The van der Waals surface area contributed by atoms with Crippen molar-refractivity contribution >= 4 is 12.0 Å². The summed E-state index contributed by atoms with van der Waals surface area (Å²) >= 11 is 0. The first-order chi connectivity index (χ1) is 13.7. The van der Waals surface area contributed by atoms with Crippen LogP contribution < -0.4 is 14.8 Å². The fourth-order valence-corrected chi connectivity index (χ4v) is 3.55. The molecule has 1 aliphatic rings. The molecule has 7 heteroatoms. The second-order valence-electron chi connectivity index (χ2n) is 8.07. The molecule has 0 bridgehead atoms. The van der Waals surface area contributed by atoms with Gasteiger partial charge in [0, 0.05) is 30.2 Å². The molecular formula is C22H33NO6. The molecule has 2 rings (SSSR count). The molecule has 0 saturated heterocycles. The van der Waals surface area contributed by atoms with Gasteiger partial charge in [-0.25, -0.2) is 0 Å². The standard InChI is InChI=1S/C22H33NO6/c1-22(2,27)19(25)12-16-18(28-3)13-17(24)15(21(16)29-4)10-11-20(26)23-14-8-6-5-7-9-14/h10-11,13-14,19,24-25,27H,5-9,12H2,1-4H3,(H,23,26)/b11-10+. The topological polar surface area (TPSA) is 108 Å². The van der Waals surface area contributed by atoms with Gasteiger partial charge in [0.2, 0.25) is 5.91 Å². The third-order valence-electron chi connectivity index (χ3n) is 5.35. The van der Waals surface area contributed by atoms with Crippen LogP contribution in [0.5, 0.6) is 17.2 Å². The quantitative estimate of drug-likeness (QED) is 0.493. The Balaban J connectivity index is 2.30. The van der Waals surface area contributed by atoms with Crippen molar-refractivity contribution in [3.05, 3.63) is 23.3 Å². The van der Waals surface area contributed by atoms with Gasteiger partial charge >= 0.3 is 0 Å². The number of carbonyl (C=O) groups excluding carboxylic acids is 1. The van der Waals surface area contributed by atoms with E-state index in [4.69, 9.17) is 9.47 Å². The van der Waals surface area contributed by atoms with Crippen molar-refractivity contribution in [1.29, 1.82) is 0 Å². The molecule has 0 aliphatic heterocycles. The minimum atomic E-state index is -1.33. The van der Waals surface area contributed by atoms with Crippen molar-refractivity contribution in [2.24, 2.45) is 0 Å². The largest absolute Gasteiger partial charge is 0.507 e. The van der Waals surface area contributed by atoms with Crippen molar-refractivity contribution in [2.75, 3.05) is 14.2 Å². The van der Waals surface area contributed by atoms with E-state index >= 15 is 0 Å². The summed E-state index contributed by atoms with van der Waals surface area (Å²) in [6.45, 7) is 3.01. The summed E-state index contributed by atoms with van der Waals surface area (Å²) in [7, 11) is 2.88. The maximum absolute atomic E-state index is 12.3. The Morgan fingerprint density at radius 2 is 1.93 bits per heavy atom. The van der Waals surface area contributed by atoms with Crippen molar-refractivity contribution in [2.45, 2.75) is 70.1 Å². The normalized spacial score (nSPS) is 16.6. The monoisotopic (exact) mass is 407 g/mol. The van der Waals surface area contributed by atoms with Crippen LogP contribution in [0.25, 0.3) is 6.08 Å². The molecule has 29 heavy (non-hydrogen) atoms. The van der Waals surface area contributed by atoms with Gasteiger partial charge in [-0.15, -0.1) is 0 Å². The van der Waals surface area contributed by atoms with Gasteiger partial charge < -0.3 is 30.1 Å². The molecule has 1 amide bonds. The number of ether oxygens (including phenoxy) is 2. The molecule has 0 spiro atoms. The van der Waals surface area contributed by atoms with Gasteiger partial charge in [0.25, 0.3) is 0 Å². The number of phenols is 1. The smallest absolute Gasteiger partial charge is 0.244 e. The van der Waals surface area contributed by atoms with E-state index in [1.165, 1.54) is 52.7 Å². The Hall–Kier alpha value is -2.25. The molecule has 1 atom stereocenters. The molecule has 1 aromatic carbocycles. The number of aliphatic hydroxyl groups is 2. The zero-order valence-electron chi connectivity index (χ0n) is 17.7. The fraction of sp³-hybridized carbons (Fsp3) is 0.591. The number of hydrogen-bond donors (Lipinski definition) is 4. The van der Waals surface area contributed by atoms with E-state index in [9.17, 15) is 20.1 Å². The Morgan fingerprint density at radius 3 is 2.48 bits per heavy atom. The lowest BCUT2D eigenvalue weighted by molar-refractivity contribution is -0.117. The van der Waals surface area contributed by atoms with E-state index in [0.717, 1.165) is 25.7 Å². The highest BCUT2D eigenvalue weighted by atomic mass is 16.5. The van der Waals surface area contributed by atoms with E-state index in [1.807, 2.05) is 0 Å². The van der Waals surface area contributed by atoms with Gasteiger partial charge in [0.05, 0.1) is 31.5 Å². The number of carbonyl (C=O) groups is 1. The van der Waals surface area contributed by atoms with Crippen molar-refractivity contribution in [3.8, 4) is 17.2 Å². The Kier molecular flexibility index (Phi) is 7.93. The third kappa shape index (κ3) is 6.11. The van der Waals surface area contributed by atoms with E-state index in [2.05, 4.69) is 5.32 Å². The minimum absolute atomic E-state index is 0.0469. The van der Waals surface area contributed by atoms with Crippen LogP contribution in [0.4, 0.5) is 0 Å². The van der Waals surface area contributed by atoms with Crippen LogP contribution in [-0.4, -0.2) is 53.2 Å². The number of methoxy groups -OCH3 is 2. The minimum Gasteiger partial charge on any atom is -0.507 e. The molecule has 1 saturated carbocycles. The first-order valence-electron chi connectivity index (χ1n) is 10.0. The average Bonchev–Trinajstić information content (AvgIpc) is 2.67. The van der Waals surface area contributed by atoms with Crippen LogP contribution >= 0.6 is 0 Å². The maximum atomic E-state index is 12.3. The van der Waals surface area contributed by atoms with Crippen LogP contribution in [0.1, 0.15) is 57.1 Å². The number of amides is 1. The number of aliphatic hydroxyl groups excluding tert-OH is 1. The van der Waals surface area contributed by atoms with Gasteiger partial charge in [0.15, 0.2) is 0 Å². The zero-order valence-corrected chi connectivity index (χ0v) is 17.7. The van der Waals surface area contributed by atoms with Crippen LogP contribution in [0, 0.1) is 0 Å². The summed E-state index contributed by atoms with van der Waals surface area (Å²) in [6.07, 6.45) is 7.24. The van der Waals surface area contributed by atoms with Gasteiger partial charge in [-0.1, -0.05) is 19.3 Å². The second-order valence-corrected chi connectivity index (χ2v) is 8.07. The van der Waals surface area contributed by atoms with Crippen LogP contribution in [0.15, 0.2) is 12.1 Å². The van der Waals surface area contributed by atoms with Crippen molar-refractivity contribution in [3.63, 3.8) is 0 Å². The summed E-state index contributed by atoms with van der Waals surface area (Å²) < 4.78 is 10.8. The van der Waals surface area contributed by atoms with Crippen LogP contribution in [-0.2, 0) is 11.2 Å². The Bertz CT molecular complexity index is 732. The zero-order chi connectivity index (χ0) is 21.6. The van der Waals surface area contributed by atoms with Gasteiger partial charge in [-0.2, -0.15) is 0 Å². The molecule has 0 radical (unpaired) electrons. The summed E-state index contributed by atoms with van der Waals surface area (Å²) in [4.78, 5) is 12.3. The van der Waals surface area contributed by atoms with Gasteiger partial charge in [-0.3, -0.25) is 4.79 Å². The highest BCUT2D eigenvalue weighted by Gasteiger charge is 2.29. The van der Waals surface area contributed by atoms with Gasteiger partial charge in [-0.05, 0) is 32.8 Å². The lowest BCUT2D eigenvalue weighted by Crippen LogP contribution is -2.37. The lowest BCUT2D eigenvalue weighted by atomic mass is 9.92. The summed E-state index contributed by atoms with van der Waals surface area (Å²) in [5.74, 6) is 0.271. The number of aromatic hydroxyl groups is 1. The molecule has 1 aliphatic carbocycles. The fourth-order valence-electron chi connectivity index (χ4n) is 3.55. The maximum Gasteiger partial charge on any atom is 0.244 e. The van der Waals surface area contributed by atoms with Gasteiger partial charge in [0.1, 0.15) is 17.2 Å². The molecule has 1 fully saturated rings. The molecule has 7 nitrogen and oxygen atoms in total. The first kappa shape index (κ1) is 23.0. The lowest BCUT2D eigenvalue weighted by Gasteiger charge is -2.26. The van der Waals surface area contributed by atoms with E-state index < -0.39 is 11.7 Å². The molecule has 1 unspecified atom stereocenters. The van der Waals surface area contributed by atoms with E-state index in [-0.39, 0.29) is 29.9 Å². The number of hydrogen-bond acceptors (Lipinski definition) is 6. The molecule has 1 aromatic rings. The number of phenolic OH excluding ortho intramolecular Hbond substituents is 1. The number of rotatable bonds is 8. The highest BCUT2D eigenvalue weighted by molar-refractivity contribution is 5.93. The summed E-state index contributed by atoms with van der Waals surface area (Å²) in [5.41, 5.74) is -0.524. The van der Waals surface area contributed by atoms with Crippen molar-refractivity contribution < 1.29 is 29.6 Å². The van der Waals surface area contributed by atoms with E-state index in [1.54, 1.807) is 0 Å². The molecule has 4 N–H and O–H groups in total. The molecule has 162 valence electrons. The Morgan fingerprint density at radius 1 is 1.28 bits per heavy atom. The molecule has 0 heterocycles. The van der Waals surface area contributed by atoms with Crippen LogP contribution in [0.3, 0.4) is 0 Å². The molecular weight excluding hydrogens is 374 g/mol. The predicted molar refractivity (Wildman–Crippen MR) is 111 cm³/mol. The molecule has 0 aromatic heterocycles. The first-order valence-corrected chi connectivity index (χ1v) is 10.0. The van der Waals surface area contributed by atoms with Crippen LogP contribution in [0.2, 0.25) is 0 Å². The van der Waals surface area contributed by atoms with E-state index in [0.29, 0.717) is 16.9 Å². The predicted octanol–water partition coefficient (Wildman–Crippen LogP) is 2.55. The summed E-state index contributed by atoms with van der Waals surface area (Å²) in [6, 6.07) is 1.60.